The number of rotatable bonds is 7. The summed E-state index contributed by atoms with van der Waals surface area (Å²) in [7, 11) is 0. The van der Waals surface area contributed by atoms with Gasteiger partial charge in [0.2, 0.25) is 0 Å². The highest BCUT2D eigenvalue weighted by atomic mass is 16.6. The van der Waals surface area contributed by atoms with Crippen LogP contribution in [0.3, 0.4) is 0 Å². The Morgan fingerprint density at radius 1 is 0.676 bits per heavy atom. The van der Waals surface area contributed by atoms with Crippen molar-refractivity contribution in [2.24, 2.45) is 5.92 Å². The number of esters is 2. The summed E-state index contributed by atoms with van der Waals surface area (Å²) in [6, 6.07) is 31.0. The fourth-order valence-corrected chi connectivity index (χ4v) is 3.72. The van der Waals surface area contributed by atoms with E-state index in [1.54, 1.807) is 54.6 Å². The van der Waals surface area contributed by atoms with Crippen LogP contribution in [-0.4, -0.2) is 11.9 Å². The zero-order valence-electron chi connectivity index (χ0n) is 19.2. The minimum Gasteiger partial charge on any atom is -0.419 e. The summed E-state index contributed by atoms with van der Waals surface area (Å²) in [6.45, 7) is 4.25. The van der Waals surface area contributed by atoms with Crippen molar-refractivity contribution in [3.8, 4) is 22.6 Å². The minimum absolute atomic E-state index is 0.218. The summed E-state index contributed by atoms with van der Waals surface area (Å²) < 4.78 is 11.7. The van der Waals surface area contributed by atoms with E-state index < -0.39 is 11.9 Å². The largest absolute Gasteiger partial charge is 0.419 e. The van der Waals surface area contributed by atoms with Crippen LogP contribution in [0.5, 0.6) is 11.5 Å². The Kier molecular flexibility index (Phi) is 7.19. The summed E-state index contributed by atoms with van der Waals surface area (Å²) in [5, 5.41) is 0. The van der Waals surface area contributed by atoms with Crippen LogP contribution in [0.15, 0.2) is 103 Å². The highest BCUT2D eigenvalue weighted by molar-refractivity contribution is 5.95. The van der Waals surface area contributed by atoms with E-state index in [0.717, 1.165) is 17.5 Å². The number of hydrogen-bond acceptors (Lipinski definition) is 4. The van der Waals surface area contributed by atoms with Gasteiger partial charge in [0, 0.05) is 5.56 Å². The molecule has 0 amide bonds. The van der Waals surface area contributed by atoms with Crippen LogP contribution in [0.25, 0.3) is 11.1 Å². The van der Waals surface area contributed by atoms with Crippen LogP contribution in [0.2, 0.25) is 0 Å². The first-order valence-electron chi connectivity index (χ1n) is 11.3. The fourth-order valence-electron chi connectivity index (χ4n) is 3.72. The Bertz CT molecular complexity index is 1260. The van der Waals surface area contributed by atoms with E-state index in [4.69, 9.17) is 9.47 Å². The van der Waals surface area contributed by atoms with Gasteiger partial charge in [-0.15, -0.1) is 0 Å². The summed E-state index contributed by atoms with van der Waals surface area (Å²) >= 11 is 0. The third kappa shape index (κ3) is 5.59. The van der Waals surface area contributed by atoms with Crippen LogP contribution in [0, 0.1) is 5.92 Å². The maximum atomic E-state index is 13.0. The Morgan fingerprint density at radius 3 is 1.71 bits per heavy atom. The molecule has 0 unspecified atom stereocenters. The van der Waals surface area contributed by atoms with Crippen LogP contribution in [0.4, 0.5) is 0 Å². The molecule has 0 fully saturated rings. The van der Waals surface area contributed by atoms with Gasteiger partial charge in [-0.3, -0.25) is 0 Å². The number of benzene rings is 4. The van der Waals surface area contributed by atoms with Crippen molar-refractivity contribution >= 4 is 11.9 Å². The molecule has 4 aromatic rings. The molecular formula is C30H26O4. The summed E-state index contributed by atoms with van der Waals surface area (Å²) in [5.41, 5.74) is 3.37. The van der Waals surface area contributed by atoms with E-state index in [0.29, 0.717) is 22.6 Å². The smallest absolute Gasteiger partial charge is 0.343 e. The molecule has 4 aromatic carbocycles. The monoisotopic (exact) mass is 450 g/mol. The predicted molar refractivity (Wildman–Crippen MR) is 133 cm³/mol. The van der Waals surface area contributed by atoms with Crippen molar-refractivity contribution in [3.63, 3.8) is 0 Å². The highest BCUT2D eigenvalue weighted by Gasteiger charge is 2.22. The Balaban J connectivity index is 1.83. The lowest BCUT2D eigenvalue weighted by molar-refractivity contribution is 0.0683. The van der Waals surface area contributed by atoms with Crippen LogP contribution in [0.1, 0.15) is 40.1 Å². The molecule has 0 aliphatic carbocycles. The first-order chi connectivity index (χ1) is 16.5. The Labute approximate surface area is 199 Å². The molecule has 4 nitrogen and oxygen atoms in total. The molecule has 0 heterocycles. The molecule has 0 aromatic heterocycles. The molecule has 4 rings (SSSR count). The van der Waals surface area contributed by atoms with Gasteiger partial charge in [0.05, 0.1) is 11.1 Å². The van der Waals surface area contributed by atoms with Gasteiger partial charge in [-0.25, -0.2) is 9.59 Å². The lowest BCUT2D eigenvalue weighted by Gasteiger charge is -2.18. The molecule has 0 spiro atoms. The van der Waals surface area contributed by atoms with E-state index in [1.807, 2.05) is 48.5 Å². The zero-order chi connectivity index (χ0) is 23.9. The minimum atomic E-state index is -0.522. The molecular weight excluding hydrogens is 424 g/mol. The van der Waals surface area contributed by atoms with Gasteiger partial charge in [0.1, 0.15) is 0 Å². The summed E-state index contributed by atoms with van der Waals surface area (Å²) in [6.07, 6.45) is 0.780. The molecule has 0 N–H and O–H groups in total. The number of carbonyl (C=O) groups is 2. The van der Waals surface area contributed by atoms with Crippen molar-refractivity contribution in [3.05, 3.63) is 120 Å². The second kappa shape index (κ2) is 10.6. The molecule has 0 saturated carbocycles. The molecule has 0 saturated heterocycles. The molecule has 0 atom stereocenters. The molecule has 4 heteroatoms. The first-order valence-corrected chi connectivity index (χ1v) is 11.3. The Morgan fingerprint density at radius 2 is 1.18 bits per heavy atom. The van der Waals surface area contributed by atoms with Crippen molar-refractivity contribution in [1.82, 2.24) is 0 Å². The van der Waals surface area contributed by atoms with Crippen molar-refractivity contribution in [1.29, 1.82) is 0 Å². The average Bonchev–Trinajstić information content (AvgIpc) is 2.86. The van der Waals surface area contributed by atoms with E-state index in [2.05, 4.69) is 13.8 Å². The van der Waals surface area contributed by atoms with Gasteiger partial charge in [0.25, 0.3) is 0 Å². The third-order valence-corrected chi connectivity index (χ3v) is 5.26. The van der Waals surface area contributed by atoms with Crippen LogP contribution < -0.4 is 9.47 Å². The van der Waals surface area contributed by atoms with Crippen LogP contribution in [-0.2, 0) is 6.42 Å². The number of ether oxygens (including phenoxy) is 2. The second-order valence-corrected chi connectivity index (χ2v) is 8.45. The maximum absolute atomic E-state index is 13.0. The standard InChI is InChI=1S/C30H26O4/c1-21(2)18-22-19-26(23-12-6-3-7-13-23)28(34-30(32)25-16-10-5-11-17-25)27(20-22)33-29(31)24-14-8-4-9-15-24/h3-17,19-21H,18H2,1-2H3. The third-order valence-electron chi connectivity index (χ3n) is 5.26. The molecule has 0 radical (unpaired) electrons. The topological polar surface area (TPSA) is 52.6 Å². The van der Waals surface area contributed by atoms with E-state index in [-0.39, 0.29) is 11.5 Å². The lowest BCUT2D eigenvalue weighted by Crippen LogP contribution is -2.14. The van der Waals surface area contributed by atoms with Gasteiger partial charge in [-0.05, 0) is 59.9 Å². The predicted octanol–water partition coefficient (Wildman–Crippen LogP) is 6.99. The van der Waals surface area contributed by atoms with Gasteiger partial charge in [0.15, 0.2) is 11.5 Å². The summed E-state index contributed by atoms with van der Waals surface area (Å²) in [4.78, 5) is 25.9. The lowest BCUT2D eigenvalue weighted by atomic mass is 9.96. The highest BCUT2D eigenvalue weighted by Crippen LogP contribution is 2.41. The van der Waals surface area contributed by atoms with Crippen LogP contribution >= 0.6 is 0 Å². The number of carbonyl (C=O) groups excluding carboxylic acids is 2. The van der Waals surface area contributed by atoms with Crippen molar-refractivity contribution < 1.29 is 19.1 Å². The maximum Gasteiger partial charge on any atom is 0.343 e. The second-order valence-electron chi connectivity index (χ2n) is 8.45. The molecule has 0 aliphatic heterocycles. The van der Waals surface area contributed by atoms with E-state index in [1.165, 1.54) is 0 Å². The van der Waals surface area contributed by atoms with Crippen molar-refractivity contribution in [2.75, 3.05) is 0 Å². The zero-order valence-corrected chi connectivity index (χ0v) is 19.2. The average molecular weight is 451 g/mol. The fraction of sp³-hybridized carbons (Fsp3) is 0.133. The van der Waals surface area contributed by atoms with Gasteiger partial charge < -0.3 is 9.47 Å². The molecule has 34 heavy (non-hydrogen) atoms. The van der Waals surface area contributed by atoms with E-state index >= 15 is 0 Å². The van der Waals surface area contributed by atoms with E-state index in [9.17, 15) is 9.59 Å². The molecule has 0 bridgehead atoms. The van der Waals surface area contributed by atoms with Crippen molar-refractivity contribution in [2.45, 2.75) is 20.3 Å². The molecule has 0 aliphatic rings. The summed E-state index contributed by atoms with van der Waals surface area (Å²) in [5.74, 6) is -0.212. The quantitative estimate of drug-likeness (QED) is 0.225. The van der Waals surface area contributed by atoms with Gasteiger partial charge in [-0.1, -0.05) is 80.6 Å². The first kappa shape index (κ1) is 23.0. The number of hydrogen-bond donors (Lipinski definition) is 0. The SMILES string of the molecule is CC(C)Cc1cc(OC(=O)c2ccccc2)c(OC(=O)c2ccccc2)c(-c2ccccc2)c1. The Hall–Kier alpha value is -4.18. The van der Waals surface area contributed by atoms with Gasteiger partial charge in [-0.2, -0.15) is 0 Å². The normalized spacial score (nSPS) is 10.7. The molecule has 170 valence electrons. The van der Waals surface area contributed by atoms with Gasteiger partial charge >= 0.3 is 11.9 Å².